The predicted octanol–water partition coefficient (Wildman–Crippen LogP) is -1.71. The quantitative estimate of drug-likeness (QED) is 0.464. The number of hydrogen-bond acceptors (Lipinski definition) is 2. The number of hydrogen-bond donors (Lipinski definition) is 0. The van der Waals surface area contributed by atoms with E-state index in [9.17, 15) is 0 Å². The second-order valence-electron chi connectivity index (χ2n) is 1.95. The summed E-state index contributed by atoms with van der Waals surface area (Å²) in [6.45, 7) is 2.79. The smallest absolute Gasteiger partial charge is 1.00 e. The van der Waals surface area contributed by atoms with Crippen LogP contribution in [0.25, 0.3) is 0 Å². The van der Waals surface area contributed by atoms with Gasteiger partial charge in [0.05, 0.1) is 12.5 Å². The summed E-state index contributed by atoms with van der Waals surface area (Å²) in [5.41, 5.74) is 0. The first-order valence-electron chi connectivity index (χ1n) is 3.39. The average Bonchev–Trinajstić information content (AvgIpc) is 2.03. The first kappa shape index (κ1) is 14.7. The summed E-state index contributed by atoms with van der Waals surface area (Å²) in [5.74, 6) is 0.657. The van der Waals surface area contributed by atoms with Crippen LogP contribution in [0.5, 0.6) is 5.88 Å². The minimum absolute atomic E-state index is 0. The van der Waals surface area contributed by atoms with E-state index in [1.165, 1.54) is 0 Å². The first-order chi connectivity index (χ1) is 4.93. The van der Waals surface area contributed by atoms with E-state index in [1.807, 2.05) is 12.1 Å². The van der Waals surface area contributed by atoms with E-state index in [2.05, 4.69) is 18.1 Å². The van der Waals surface area contributed by atoms with Gasteiger partial charge in [0.15, 0.2) is 0 Å². The zero-order chi connectivity index (χ0) is 7.23. The minimum Gasteiger partial charge on any atom is -1.00 e. The van der Waals surface area contributed by atoms with Crippen LogP contribution in [0.1, 0.15) is 13.3 Å². The van der Waals surface area contributed by atoms with Gasteiger partial charge in [-0.05, 0) is 6.42 Å². The Morgan fingerprint density at radius 1 is 1.58 bits per heavy atom. The van der Waals surface area contributed by atoms with Gasteiger partial charge in [0.25, 0.3) is 0 Å². The van der Waals surface area contributed by atoms with Gasteiger partial charge in [0, 0.05) is 0 Å². The summed E-state index contributed by atoms with van der Waals surface area (Å²) in [6.07, 6.45) is 3.71. The Kier molecular flexibility index (Phi) is 11.4. The molecule has 0 radical (unpaired) electrons. The van der Waals surface area contributed by atoms with Crippen molar-refractivity contribution in [3.63, 3.8) is 0 Å². The van der Waals surface area contributed by atoms with Crippen LogP contribution >= 0.6 is 0 Å². The van der Waals surface area contributed by atoms with Gasteiger partial charge < -0.3 is 26.7 Å². The molecular formula is C8H10BrMgNO. The summed E-state index contributed by atoms with van der Waals surface area (Å²) >= 11 is 0. The van der Waals surface area contributed by atoms with E-state index in [0.29, 0.717) is 5.88 Å². The number of aromatic nitrogens is 1. The van der Waals surface area contributed by atoms with Crippen molar-refractivity contribution in [2.45, 2.75) is 13.3 Å². The standard InChI is InChI=1S/C8H10NO.BrH.Mg/c1-2-7-10-8-5-3-4-6-9-8;;/h3-5H,2,7H2,1H3;1H;/q-1;;+2/p-1. The van der Waals surface area contributed by atoms with Crippen molar-refractivity contribution in [3.05, 3.63) is 24.4 Å². The van der Waals surface area contributed by atoms with Gasteiger partial charge in [-0.3, -0.25) is 0 Å². The van der Waals surface area contributed by atoms with Crippen molar-refractivity contribution in [1.29, 1.82) is 0 Å². The maximum Gasteiger partial charge on any atom is 2.00 e. The molecule has 1 aromatic heterocycles. The molecule has 0 bridgehead atoms. The molecular weight excluding hydrogens is 230 g/mol. The molecule has 1 rings (SSSR count). The molecule has 62 valence electrons. The zero-order valence-corrected chi connectivity index (χ0v) is 10.1. The Balaban J connectivity index is 0. The van der Waals surface area contributed by atoms with Crippen LogP contribution in [-0.2, 0) is 0 Å². The molecule has 0 fully saturated rings. The summed E-state index contributed by atoms with van der Waals surface area (Å²) in [7, 11) is 0. The van der Waals surface area contributed by atoms with Crippen molar-refractivity contribution < 1.29 is 21.7 Å². The maximum atomic E-state index is 5.21. The van der Waals surface area contributed by atoms with Crippen molar-refractivity contribution in [3.8, 4) is 5.88 Å². The zero-order valence-electron chi connectivity index (χ0n) is 7.09. The molecule has 2 nitrogen and oxygen atoms in total. The molecule has 0 atom stereocenters. The first-order valence-corrected chi connectivity index (χ1v) is 3.39. The van der Waals surface area contributed by atoms with Crippen LogP contribution in [0.3, 0.4) is 0 Å². The molecule has 0 spiro atoms. The number of rotatable bonds is 3. The topological polar surface area (TPSA) is 22.1 Å². The predicted molar refractivity (Wildman–Crippen MR) is 44.6 cm³/mol. The molecule has 0 saturated heterocycles. The normalized spacial score (nSPS) is 7.75. The van der Waals surface area contributed by atoms with E-state index in [1.54, 1.807) is 6.07 Å². The summed E-state index contributed by atoms with van der Waals surface area (Å²) in [5, 5.41) is 0. The Morgan fingerprint density at radius 2 is 2.33 bits per heavy atom. The van der Waals surface area contributed by atoms with Gasteiger partial charge >= 0.3 is 23.1 Å². The van der Waals surface area contributed by atoms with Gasteiger partial charge in [-0.2, -0.15) is 12.1 Å². The fourth-order valence-electron chi connectivity index (χ4n) is 0.599. The van der Waals surface area contributed by atoms with Gasteiger partial charge in [-0.15, -0.1) is 6.07 Å². The van der Waals surface area contributed by atoms with Crippen LogP contribution in [0.4, 0.5) is 0 Å². The van der Waals surface area contributed by atoms with Crippen LogP contribution in [0, 0.1) is 6.20 Å². The molecule has 1 aromatic rings. The van der Waals surface area contributed by atoms with Crippen molar-refractivity contribution in [1.82, 2.24) is 4.98 Å². The molecule has 4 heteroatoms. The van der Waals surface area contributed by atoms with Crippen LogP contribution in [-0.4, -0.2) is 34.6 Å². The van der Waals surface area contributed by atoms with E-state index >= 15 is 0 Å². The molecule has 0 saturated carbocycles. The minimum atomic E-state index is 0. The van der Waals surface area contributed by atoms with Gasteiger partial charge in [-0.25, -0.2) is 0 Å². The van der Waals surface area contributed by atoms with Gasteiger partial charge in [0.1, 0.15) is 0 Å². The third-order valence-corrected chi connectivity index (χ3v) is 1.04. The third kappa shape index (κ3) is 5.80. The van der Waals surface area contributed by atoms with Crippen molar-refractivity contribution in [2.75, 3.05) is 6.61 Å². The number of ether oxygens (including phenoxy) is 1. The summed E-state index contributed by atoms with van der Waals surface area (Å²) in [6, 6.07) is 5.43. The largest absolute Gasteiger partial charge is 2.00 e. The van der Waals surface area contributed by atoms with E-state index < -0.39 is 0 Å². The van der Waals surface area contributed by atoms with Crippen molar-refractivity contribution >= 4 is 23.1 Å². The summed E-state index contributed by atoms with van der Waals surface area (Å²) in [4.78, 5) is 3.87. The summed E-state index contributed by atoms with van der Waals surface area (Å²) < 4.78 is 5.21. The fraction of sp³-hybridized carbons (Fsp3) is 0.375. The molecule has 12 heavy (non-hydrogen) atoms. The molecule has 1 heterocycles. The van der Waals surface area contributed by atoms with Crippen LogP contribution in [0.15, 0.2) is 18.2 Å². The maximum absolute atomic E-state index is 5.21. The fourth-order valence-corrected chi connectivity index (χ4v) is 0.599. The number of halogens is 1. The third-order valence-electron chi connectivity index (χ3n) is 1.04. The molecule has 0 aliphatic carbocycles. The van der Waals surface area contributed by atoms with Crippen LogP contribution < -0.4 is 21.7 Å². The second kappa shape index (κ2) is 9.29. The SMILES string of the molecule is CCCOc1ccc[c-]n1.[Br-].[Mg+2]. The molecule has 0 aliphatic rings. The van der Waals surface area contributed by atoms with Crippen LogP contribution in [0.2, 0.25) is 0 Å². The monoisotopic (exact) mass is 239 g/mol. The molecule has 0 unspecified atom stereocenters. The molecule has 0 amide bonds. The van der Waals surface area contributed by atoms with Crippen molar-refractivity contribution in [2.24, 2.45) is 0 Å². The molecule has 0 aliphatic heterocycles. The Morgan fingerprint density at radius 3 is 2.83 bits per heavy atom. The Hall–Kier alpha value is 0.196. The van der Waals surface area contributed by atoms with E-state index in [-0.39, 0.29) is 40.0 Å². The number of nitrogens with zero attached hydrogens (tertiary/aromatic N) is 1. The number of pyridine rings is 1. The van der Waals surface area contributed by atoms with Gasteiger partial charge in [-0.1, -0.05) is 13.1 Å². The van der Waals surface area contributed by atoms with E-state index in [4.69, 9.17) is 4.74 Å². The Bertz CT molecular complexity index is 184. The van der Waals surface area contributed by atoms with E-state index in [0.717, 1.165) is 13.0 Å². The van der Waals surface area contributed by atoms with Gasteiger partial charge in [0.2, 0.25) is 0 Å². The Labute approximate surface area is 99.6 Å². The molecule has 0 N–H and O–H groups in total. The molecule has 0 aromatic carbocycles. The average molecular weight is 240 g/mol. The second-order valence-corrected chi connectivity index (χ2v) is 1.95.